The summed E-state index contributed by atoms with van der Waals surface area (Å²) in [5, 5.41) is 10.0. The van der Waals surface area contributed by atoms with Crippen LogP contribution in [0.4, 0.5) is 0 Å². The van der Waals surface area contributed by atoms with Gasteiger partial charge in [0.2, 0.25) is 0 Å². The zero-order chi connectivity index (χ0) is 11.0. The molecule has 2 rings (SSSR count). The number of aryl methyl sites for hydroxylation is 1. The fourth-order valence-electron chi connectivity index (χ4n) is 1.56. The first-order valence-electron chi connectivity index (χ1n) is 4.51. The van der Waals surface area contributed by atoms with Crippen molar-refractivity contribution in [2.24, 2.45) is 0 Å². The lowest BCUT2D eigenvalue weighted by molar-refractivity contribution is 0.0699. The largest absolute Gasteiger partial charge is 0.478 e. The Balaban J connectivity index is 2.81. The molecule has 15 heavy (non-hydrogen) atoms. The van der Waals surface area contributed by atoms with Gasteiger partial charge in [0.05, 0.1) is 10.6 Å². The predicted molar refractivity (Wildman–Crippen MR) is 57.4 cm³/mol. The van der Waals surface area contributed by atoms with E-state index in [1.807, 2.05) is 6.92 Å². The van der Waals surface area contributed by atoms with E-state index in [9.17, 15) is 4.79 Å². The van der Waals surface area contributed by atoms with Crippen LogP contribution in [0.5, 0.6) is 0 Å². The van der Waals surface area contributed by atoms with Crippen LogP contribution in [0.2, 0.25) is 5.02 Å². The number of hydrogen-bond donors (Lipinski definition) is 1. The van der Waals surface area contributed by atoms with Gasteiger partial charge in [-0.15, -0.1) is 0 Å². The fourth-order valence-corrected chi connectivity index (χ4v) is 1.72. The summed E-state index contributed by atoms with van der Waals surface area (Å²) in [5.74, 6) is -0.962. The average molecular weight is 225 g/mol. The van der Waals surface area contributed by atoms with Gasteiger partial charge in [0.1, 0.15) is 5.65 Å². The Morgan fingerprint density at radius 3 is 3.00 bits per heavy atom. The second-order valence-corrected chi connectivity index (χ2v) is 3.60. The van der Waals surface area contributed by atoms with Crippen molar-refractivity contribution in [1.82, 2.24) is 9.55 Å². The number of carbonyl (C=O) groups is 1. The van der Waals surface area contributed by atoms with E-state index in [1.165, 1.54) is 6.20 Å². The van der Waals surface area contributed by atoms with Gasteiger partial charge >= 0.3 is 5.97 Å². The highest BCUT2D eigenvalue weighted by atomic mass is 35.5. The fraction of sp³-hybridized carbons (Fsp3) is 0.200. The van der Waals surface area contributed by atoms with Gasteiger partial charge in [-0.1, -0.05) is 11.6 Å². The summed E-state index contributed by atoms with van der Waals surface area (Å²) in [6, 6.07) is 1.62. The lowest BCUT2D eigenvalue weighted by Gasteiger charge is -1.98. The van der Waals surface area contributed by atoms with Crippen molar-refractivity contribution in [2.45, 2.75) is 13.5 Å². The van der Waals surface area contributed by atoms with Crippen LogP contribution in [-0.4, -0.2) is 20.6 Å². The van der Waals surface area contributed by atoms with Crippen molar-refractivity contribution in [1.29, 1.82) is 0 Å². The van der Waals surface area contributed by atoms with Crippen LogP contribution < -0.4 is 0 Å². The highest BCUT2D eigenvalue weighted by molar-refractivity contribution is 6.31. The van der Waals surface area contributed by atoms with E-state index < -0.39 is 5.97 Å². The molecular weight excluding hydrogens is 216 g/mol. The van der Waals surface area contributed by atoms with Crippen LogP contribution in [0.25, 0.3) is 11.0 Å². The summed E-state index contributed by atoms with van der Waals surface area (Å²) in [4.78, 5) is 15.1. The maximum atomic E-state index is 11.0. The standard InChI is InChI=1S/C10H9ClN2O2/c1-2-13-5-8(10(14)15)7-3-6(11)4-12-9(7)13/h3-5H,2H2,1H3,(H,14,15). The molecule has 0 amide bonds. The van der Waals surface area contributed by atoms with E-state index in [0.717, 1.165) is 0 Å². The smallest absolute Gasteiger partial charge is 0.337 e. The summed E-state index contributed by atoms with van der Waals surface area (Å²) in [6.07, 6.45) is 3.10. The maximum absolute atomic E-state index is 11.0. The summed E-state index contributed by atoms with van der Waals surface area (Å²) < 4.78 is 1.79. The van der Waals surface area contributed by atoms with E-state index in [2.05, 4.69) is 4.98 Å². The summed E-state index contributed by atoms with van der Waals surface area (Å²) >= 11 is 5.78. The van der Waals surface area contributed by atoms with Crippen LogP contribution in [0.3, 0.4) is 0 Å². The number of carboxylic acid groups (broad SMARTS) is 1. The van der Waals surface area contributed by atoms with Crippen molar-refractivity contribution in [2.75, 3.05) is 0 Å². The molecule has 0 aliphatic carbocycles. The molecule has 0 saturated heterocycles. The first-order valence-corrected chi connectivity index (χ1v) is 4.89. The molecule has 2 aromatic rings. The van der Waals surface area contributed by atoms with Crippen molar-refractivity contribution < 1.29 is 9.90 Å². The zero-order valence-corrected chi connectivity index (χ0v) is 8.82. The molecule has 78 valence electrons. The summed E-state index contributed by atoms with van der Waals surface area (Å²) in [6.45, 7) is 2.61. The number of carboxylic acids is 1. The maximum Gasteiger partial charge on any atom is 0.337 e. The second-order valence-electron chi connectivity index (χ2n) is 3.16. The van der Waals surface area contributed by atoms with Gasteiger partial charge in [0.15, 0.2) is 0 Å². The molecule has 2 aromatic heterocycles. The molecule has 0 aliphatic heterocycles. The van der Waals surface area contributed by atoms with Gasteiger partial charge in [-0.3, -0.25) is 0 Å². The van der Waals surface area contributed by atoms with Gasteiger partial charge in [-0.25, -0.2) is 9.78 Å². The quantitative estimate of drug-likeness (QED) is 0.852. The normalized spacial score (nSPS) is 10.8. The Hall–Kier alpha value is -1.55. The first-order chi connectivity index (χ1) is 7.13. The molecule has 0 spiro atoms. The minimum Gasteiger partial charge on any atom is -0.478 e. The summed E-state index contributed by atoms with van der Waals surface area (Å²) in [5.41, 5.74) is 0.890. The minimum absolute atomic E-state index is 0.238. The lowest BCUT2D eigenvalue weighted by atomic mass is 10.2. The van der Waals surface area contributed by atoms with Crippen LogP contribution >= 0.6 is 11.6 Å². The Bertz CT molecular complexity index is 533. The highest BCUT2D eigenvalue weighted by Gasteiger charge is 2.14. The molecule has 0 unspecified atom stereocenters. The SMILES string of the molecule is CCn1cc(C(=O)O)c2cc(Cl)cnc21. The van der Waals surface area contributed by atoms with E-state index in [4.69, 9.17) is 16.7 Å². The molecule has 0 bridgehead atoms. The topological polar surface area (TPSA) is 55.1 Å². The molecule has 5 heteroatoms. The van der Waals surface area contributed by atoms with Crippen LogP contribution in [0.15, 0.2) is 18.5 Å². The van der Waals surface area contributed by atoms with Crippen molar-refractivity contribution >= 4 is 28.6 Å². The van der Waals surface area contributed by atoms with Gasteiger partial charge in [-0.2, -0.15) is 0 Å². The monoisotopic (exact) mass is 224 g/mol. The van der Waals surface area contributed by atoms with Crippen molar-refractivity contribution in [3.05, 3.63) is 29.0 Å². The van der Waals surface area contributed by atoms with Crippen LogP contribution in [0.1, 0.15) is 17.3 Å². The van der Waals surface area contributed by atoms with Crippen LogP contribution in [0, 0.1) is 0 Å². The number of aromatic nitrogens is 2. The van der Waals surface area contributed by atoms with Crippen molar-refractivity contribution in [3.8, 4) is 0 Å². The molecule has 0 fully saturated rings. The Kier molecular flexibility index (Phi) is 2.36. The second kappa shape index (κ2) is 3.55. The third-order valence-corrected chi connectivity index (χ3v) is 2.46. The zero-order valence-electron chi connectivity index (χ0n) is 8.07. The number of halogens is 1. The van der Waals surface area contributed by atoms with Gasteiger partial charge < -0.3 is 9.67 Å². The molecule has 0 atom stereocenters. The number of aromatic carboxylic acids is 1. The van der Waals surface area contributed by atoms with Gasteiger partial charge in [0, 0.05) is 24.3 Å². The third kappa shape index (κ3) is 1.57. The molecule has 0 aromatic carbocycles. The van der Waals surface area contributed by atoms with E-state index in [-0.39, 0.29) is 5.56 Å². The summed E-state index contributed by atoms with van der Waals surface area (Å²) in [7, 11) is 0. The first kappa shape index (κ1) is 9.98. The van der Waals surface area contributed by atoms with E-state index >= 15 is 0 Å². The number of pyridine rings is 1. The van der Waals surface area contributed by atoms with E-state index in [1.54, 1.807) is 16.8 Å². The van der Waals surface area contributed by atoms with Gasteiger partial charge in [-0.05, 0) is 13.0 Å². The van der Waals surface area contributed by atoms with Crippen molar-refractivity contribution in [3.63, 3.8) is 0 Å². The van der Waals surface area contributed by atoms with Gasteiger partial charge in [0.25, 0.3) is 0 Å². The number of nitrogens with zero attached hydrogens (tertiary/aromatic N) is 2. The molecule has 2 heterocycles. The Morgan fingerprint density at radius 1 is 1.67 bits per heavy atom. The molecule has 0 aliphatic rings. The Morgan fingerprint density at radius 2 is 2.40 bits per heavy atom. The molecule has 4 nitrogen and oxygen atoms in total. The predicted octanol–water partition coefficient (Wildman–Crippen LogP) is 2.41. The number of fused-ring (bicyclic) bond motifs is 1. The molecular formula is C10H9ClN2O2. The highest BCUT2D eigenvalue weighted by Crippen LogP contribution is 2.22. The van der Waals surface area contributed by atoms with E-state index in [0.29, 0.717) is 22.6 Å². The minimum atomic E-state index is -0.962. The molecule has 0 saturated carbocycles. The average Bonchev–Trinajstić information content (AvgIpc) is 2.55. The number of hydrogen-bond acceptors (Lipinski definition) is 2. The Labute approximate surface area is 91.1 Å². The lowest BCUT2D eigenvalue weighted by Crippen LogP contribution is -1.94. The number of rotatable bonds is 2. The third-order valence-electron chi connectivity index (χ3n) is 2.25. The molecule has 0 radical (unpaired) electrons. The molecule has 1 N–H and O–H groups in total. The van der Waals surface area contributed by atoms with Crippen LogP contribution in [-0.2, 0) is 6.54 Å².